The average Bonchev–Trinajstić information content (AvgIpc) is 3.15. The van der Waals surface area contributed by atoms with Gasteiger partial charge in [-0.15, -0.1) is 0 Å². The molecular weight excluding hydrogens is 312 g/mol. The van der Waals surface area contributed by atoms with Crippen LogP contribution in [0.2, 0.25) is 5.02 Å². The summed E-state index contributed by atoms with van der Waals surface area (Å²) in [7, 11) is 1.65. The Morgan fingerprint density at radius 1 is 1.39 bits per heavy atom. The van der Waals surface area contributed by atoms with Gasteiger partial charge in [0, 0.05) is 18.2 Å². The molecule has 2 bridgehead atoms. The second-order valence-electron chi connectivity index (χ2n) is 7.05. The van der Waals surface area contributed by atoms with Crippen LogP contribution < -0.4 is 10.6 Å². The lowest BCUT2D eigenvalue weighted by molar-refractivity contribution is 0.00478. The summed E-state index contributed by atoms with van der Waals surface area (Å²) in [4.78, 5) is 12.2. The molecule has 0 radical (unpaired) electrons. The highest BCUT2D eigenvalue weighted by molar-refractivity contribution is 6.30. The number of halogens is 1. The first-order valence-corrected chi connectivity index (χ1v) is 8.73. The van der Waals surface area contributed by atoms with Gasteiger partial charge in [0.2, 0.25) is 0 Å². The van der Waals surface area contributed by atoms with E-state index in [0.29, 0.717) is 23.5 Å². The zero-order chi connectivity index (χ0) is 16.4. The molecule has 2 fully saturated rings. The van der Waals surface area contributed by atoms with Gasteiger partial charge in [-0.1, -0.05) is 30.2 Å². The van der Waals surface area contributed by atoms with Gasteiger partial charge in [0.05, 0.1) is 6.54 Å². The molecule has 126 valence electrons. The number of rotatable bonds is 5. The Morgan fingerprint density at radius 3 is 2.83 bits per heavy atom. The monoisotopic (exact) mass is 336 g/mol. The summed E-state index contributed by atoms with van der Waals surface area (Å²) < 4.78 is 5.65. The summed E-state index contributed by atoms with van der Waals surface area (Å²) in [6.07, 6.45) is 5.01. The van der Waals surface area contributed by atoms with E-state index in [1.807, 2.05) is 31.2 Å². The highest BCUT2D eigenvalue weighted by Crippen LogP contribution is 2.44. The number of carbonyl (C=O) groups is 1. The second-order valence-corrected chi connectivity index (χ2v) is 7.49. The van der Waals surface area contributed by atoms with Crippen LogP contribution in [0.1, 0.15) is 38.2 Å². The third kappa shape index (κ3) is 3.64. The molecule has 2 saturated carbocycles. The van der Waals surface area contributed by atoms with Crippen molar-refractivity contribution >= 4 is 17.6 Å². The second kappa shape index (κ2) is 6.70. The highest BCUT2D eigenvalue weighted by atomic mass is 35.5. The molecule has 2 aliphatic carbocycles. The Morgan fingerprint density at radius 2 is 2.22 bits per heavy atom. The third-order valence-corrected chi connectivity index (χ3v) is 5.76. The van der Waals surface area contributed by atoms with Crippen LogP contribution in [0.5, 0.6) is 0 Å². The van der Waals surface area contributed by atoms with Crippen molar-refractivity contribution in [2.24, 2.45) is 11.8 Å². The number of benzene rings is 1. The number of carbonyl (C=O) groups excluding carboxylic acids is 1. The molecular formula is C18H25ClN2O2. The van der Waals surface area contributed by atoms with Crippen molar-refractivity contribution in [2.45, 2.75) is 44.2 Å². The van der Waals surface area contributed by atoms with Crippen molar-refractivity contribution in [2.75, 3.05) is 13.7 Å². The van der Waals surface area contributed by atoms with Crippen LogP contribution in [0.25, 0.3) is 0 Å². The minimum Gasteiger partial charge on any atom is -0.372 e. The molecule has 3 rings (SSSR count). The van der Waals surface area contributed by atoms with E-state index in [4.69, 9.17) is 16.3 Å². The number of fused-ring (bicyclic) bond motifs is 2. The van der Waals surface area contributed by atoms with Gasteiger partial charge >= 0.3 is 6.03 Å². The lowest BCUT2D eigenvalue weighted by Crippen LogP contribution is -2.48. The zero-order valence-electron chi connectivity index (χ0n) is 13.8. The fourth-order valence-electron chi connectivity index (χ4n) is 4.00. The molecule has 0 spiro atoms. The van der Waals surface area contributed by atoms with E-state index < -0.39 is 5.60 Å². The van der Waals surface area contributed by atoms with Crippen LogP contribution in [0.15, 0.2) is 24.3 Å². The van der Waals surface area contributed by atoms with Gasteiger partial charge in [0.25, 0.3) is 0 Å². The van der Waals surface area contributed by atoms with Crippen LogP contribution in [0.4, 0.5) is 4.79 Å². The molecule has 4 nitrogen and oxygen atoms in total. The maximum Gasteiger partial charge on any atom is 0.315 e. The molecule has 2 unspecified atom stereocenters. The molecule has 5 heteroatoms. The van der Waals surface area contributed by atoms with E-state index in [-0.39, 0.29) is 6.03 Å². The first-order valence-electron chi connectivity index (χ1n) is 8.36. The van der Waals surface area contributed by atoms with Crippen molar-refractivity contribution in [1.82, 2.24) is 10.6 Å². The van der Waals surface area contributed by atoms with Crippen molar-refractivity contribution in [1.29, 1.82) is 0 Å². The van der Waals surface area contributed by atoms with E-state index in [0.717, 1.165) is 17.9 Å². The molecule has 2 amide bonds. The summed E-state index contributed by atoms with van der Waals surface area (Å²) >= 11 is 6.06. The molecule has 2 aliphatic rings. The molecule has 0 saturated heterocycles. The standard InChI is InChI=1S/C18H25ClN2O2/c1-18(23-2,14-4-3-5-15(19)10-14)11-20-17(22)21-16-9-12-6-7-13(16)8-12/h3-5,10,12-13,16H,6-9,11H2,1-2H3,(H2,20,21,22)/t12-,13+,16?,18?/m1/s1. The normalized spacial score (nSPS) is 28.4. The van der Waals surface area contributed by atoms with Crippen LogP contribution in [0.3, 0.4) is 0 Å². The van der Waals surface area contributed by atoms with Crippen molar-refractivity contribution in [3.05, 3.63) is 34.9 Å². The first kappa shape index (κ1) is 16.6. The van der Waals surface area contributed by atoms with Crippen molar-refractivity contribution < 1.29 is 9.53 Å². The highest BCUT2D eigenvalue weighted by Gasteiger charge is 2.40. The minimum atomic E-state index is -0.600. The molecule has 23 heavy (non-hydrogen) atoms. The van der Waals surface area contributed by atoms with Crippen LogP contribution in [0, 0.1) is 11.8 Å². The number of methoxy groups -OCH3 is 1. The first-order chi connectivity index (χ1) is 11.0. The van der Waals surface area contributed by atoms with Crippen molar-refractivity contribution in [3.63, 3.8) is 0 Å². The lowest BCUT2D eigenvalue weighted by atomic mass is 9.95. The number of amides is 2. The molecule has 0 heterocycles. The Labute approximate surface area is 142 Å². The third-order valence-electron chi connectivity index (χ3n) is 5.53. The van der Waals surface area contributed by atoms with Gasteiger partial charge in [-0.3, -0.25) is 0 Å². The Kier molecular flexibility index (Phi) is 4.83. The van der Waals surface area contributed by atoms with Gasteiger partial charge in [-0.2, -0.15) is 0 Å². The fourth-order valence-corrected chi connectivity index (χ4v) is 4.19. The van der Waals surface area contributed by atoms with Crippen LogP contribution in [-0.4, -0.2) is 25.7 Å². The quantitative estimate of drug-likeness (QED) is 0.861. The van der Waals surface area contributed by atoms with Gasteiger partial charge in [-0.25, -0.2) is 4.79 Å². The minimum absolute atomic E-state index is 0.104. The lowest BCUT2D eigenvalue weighted by Gasteiger charge is -2.30. The Hall–Kier alpha value is -1.26. The van der Waals surface area contributed by atoms with Crippen LogP contribution >= 0.6 is 11.6 Å². The van der Waals surface area contributed by atoms with E-state index in [9.17, 15) is 4.79 Å². The van der Waals surface area contributed by atoms with E-state index in [2.05, 4.69) is 10.6 Å². The molecule has 4 atom stereocenters. The van der Waals surface area contributed by atoms with Gasteiger partial charge < -0.3 is 15.4 Å². The largest absolute Gasteiger partial charge is 0.372 e. The van der Waals surface area contributed by atoms with E-state index in [1.54, 1.807) is 7.11 Å². The van der Waals surface area contributed by atoms with Crippen molar-refractivity contribution in [3.8, 4) is 0 Å². The van der Waals surface area contributed by atoms with Gasteiger partial charge in [-0.05, 0) is 55.7 Å². The molecule has 0 aliphatic heterocycles. The summed E-state index contributed by atoms with van der Waals surface area (Å²) in [5, 5.41) is 6.76. The summed E-state index contributed by atoms with van der Waals surface area (Å²) in [5.41, 5.74) is 0.351. The molecule has 1 aromatic rings. The van der Waals surface area contributed by atoms with Gasteiger partial charge in [0.15, 0.2) is 0 Å². The fraction of sp³-hybridized carbons (Fsp3) is 0.611. The number of hydrogen-bond donors (Lipinski definition) is 2. The van der Waals surface area contributed by atoms with Crippen LogP contribution in [-0.2, 0) is 10.3 Å². The number of hydrogen-bond acceptors (Lipinski definition) is 2. The maximum atomic E-state index is 12.2. The van der Waals surface area contributed by atoms with Gasteiger partial charge in [0.1, 0.15) is 5.60 Å². The van der Waals surface area contributed by atoms with E-state index >= 15 is 0 Å². The molecule has 2 N–H and O–H groups in total. The maximum absolute atomic E-state index is 12.2. The topological polar surface area (TPSA) is 50.4 Å². The summed E-state index contributed by atoms with van der Waals surface area (Å²) in [5.74, 6) is 1.49. The SMILES string of the molecule is COC(C)(CNC(=O)NC1C[C@@H]2CC[C@H]1C2)c1cccc(Cl)c1. The predicted molar refractivity (Wildman–Crippen MR) is 91.6 cm³/mol. The number of nitrogens with one attached hydrogen (secondary N) is 2. The smallest absolute Gasteiger partial charge is 0.315 e. The summed E-state index contributed by atoms with van der Waals surface area (Å²) in [6, 6.07) is 7.80. The number of ether oxygens (including phenoxy) is 1. The average molecular weight is 337 g/mol. The number of urea groups is 1. The summed E-state index contributed by atoms with van der Waals surface area (Å²) in [6.45, 7) is 2.35. The Balaban J connectivity index is 1.56. The molecule has 0 aromatic heterocycles. The van der Waals surface area contributed by atoms with E-state index in [1.165, 1.54) is 19.3 Å². The predicted octanol–water partition coefficient (Wildman–Crippen LogP) is 3.69. The molecule has 1 aromatic carbocycles. The zero-order valence-corrected chi connectivity index (χ0v) is 14.5. The Bertz CT molecular complexity index is 580.